The molecule has 4 rings (SSSR count). The number of nitrogens with zero attached hydrogens (tertiary/aromatic N) is 4. The molecular formula is C17H15N5O2S2. The molecule has 1 aromatic carbocycles. The Kier molecular flexibility index (Phi) is 4.98. The Balaban J connectivity index is 1.42. The predicted molar refractivity (Wildman–Crippen MR) is 100 cm³/mol. The topological polar surface area (TPSA) is 89.6 Å². The zero-order chi connectivity index (χ0) is 17.8. The van der Waals surface area contributed by atoms with Crippen LogP contribution in [0.3, 0.4) is 0 Å². The molecule has 0 atom stereocenters. The minimum absolute atomic E-state index is 0.215. The summed E-state index contributed by atoms with van der Waals surface area (Å²) < 4.78 is 6.92. The molecule has 4 aromatic rings. The molecule has 0 fully saturated rings. The second kappa shape index (κ2) is 7.71. The Bertz CT molecular complexity index is 1020. The quantitative estimate of drug-likeness (QED) is 0.491. The van der Waals surface area contributed by atoms with E-state index in [1.807, 2.05) is 47.8 Å². The van der Waals surface area contributed by atoms with Gasteiger partial charge in [-0.2, -0.15) is 4.98 Å². The summed E-state index contributed by atoms with van der Waals surface area (Å²) >= 11 is 2.95. The van der Waals surface area contributed by atoms with Crippen molar-refractivity contribution in [3.8, 4) is 10.7 Å². The predicted octanol–water partition coefficient (Wildman–Crippen LogP) is 3.22. The first-order valence-corrected chi connectivity index (χ1v) is 9.84. The van der Waals surface area contributed by atoms with Gasteiger partial charge in [0.2, 0.25) is 11.7 Å². The van der Waals surface area contributed by atoms with Crippen molar-refractivity contribution < 1.29 is 4.52 Å². The molecule has 0 spiro atoms. The molecule has 1 N–H and O–H groups in total. The maximum Gasteiger partial charge on any atom is 0.343 e. The molecule has 0 aliphatic heterocycles. The van der Waals surface area contributed by atoms with E-state index in [2.05, 4.69) is 20.3 Å². The molecular weight excluding hydrogens is 370 g/mol. The lowest BCUT2D eigenvalue weighted by atomic mass is 10.1. The molecule has 0 saturated carbocycles. The molecule has 0 radical (unpaired) electrons. The lowest BCUT2D eigenvalue weighted by Crippen LogP contribution is -2.18. The molecule has 26 heavy (non-hydrogen) atoms. The first-order chi connectivity index (χ1) is 12.8. The van der Waals surface area contributed by atoms with Gasteiger partial charge >= 0.3 is 5.69 Å². The third-order valence-electron chi connectivity index (χ3n) is 3.72. The van der Waals surface area contributed by atoms with Crippen LogP contribution in [0.5, 0.6) is 0 Å². The highest BCUT2D eigenvalue weighted by molar-refractivity contribution is 7.98. The Morgan fingerprint density at radius 1 is 1.19 bits per heavy atom. The summed E-state index contributed by atoms with van der Waals surface area (Å²) in [6.45, 7) is 0.561. The summed E-state index contributed by atoms with van der Waals surface area (Å²) in [5, 5.41) is 13.2. The lowest BCUT2D eigenvalue weighted by Gasteiger charge is -2.04. The number of nitrogens with one attached hydrogen (secondary N) is 1. The molecule has 0 aliphatic carbocycles. The van der Waals surface area contributed by atoms with Gasteiger partial charge in [0.25, 0.3) is 0 Å². The van der Waals surface area contributed by atoms with Gasteiger partial charge in [0, 0.05) is 6.54 Å². The van der Waals surface area contributed by atoms with Crippen molar-refractivity contribution in [2.75, 3.05) is 0 Å². The summed E-state index contributed by atoms with van der Waals surface area (Å²) in [5.74, 6) is 1.54. The molecule has 0 aliphatic rings. The van der Waals surface area contributed by atoms with Crippen molar-refractivity contribution in [1.29, 1.82) is 0 Å². The van der Waals surface area contributed by atoms with Gasteiger partial charge in [0.1, 0.15) is 0 Å². The fourth-order valence-electron chi connectivity index (χ4n) is 2.44. The average molecular weight is 385 g/mol. The highest BCUT2D eigenvalue weighted by Crippen LogP contribution is 2.24. The van der Waals surface area contributed by atoms with Crippen LogP contribution in [-0.4, -0.2) is 24.9 Å². The number of thioether (sulfide) groups is 1. The summed E-state index contributed by atoms with van der Waals surface area (Å²) in [5.41, 5.74) is 0.960. The number of rotatable bonds is 7. The van der Waals surface area contributed by atoms with Crippen LogP contribution >= 0.6 is 23.1 Å². The maximum absolute atomic E-state index is 12.0. The lowest BCUT2D eigenvalue weighted by molar-refractivity contribution is 0.391. The van der Waals surface area contributed by atoms with Crippen molar-refractivity contribution in [3.63, 3.8) is 0 Å². The van der Waals surface area contributed by atoms with Crippen LogP contribution in [0.4, 0.5) is 0 Å². The third-order valence-corrected chi connectivity index (χ3v) is 5.55. The van der Waals surface area contributed by atoms with Crippen molar-refractivity contribution >= 4 is 23.1 Å². The van der Waals surface area contributed by atoms with Gasteiger partial charge in [0.05, 0.1) is 10.6 Å². The third kappa shape index (κ3) is 3.78. The highest BCUT2D eigenvalue weighted by atomic mass is 32.2. The second-order valence-corrected chi connectivity index (χ2v) is 7.37. The number of hydrogen-bond donors (Lipinski definition) is 1. The van der Waals surface area contributed by atoms with Crippen molar-refractivity contribution in [2.45, 2.75) is 23.9 Å². The largest absolute Gasteiger partial charge is 0.343 e. The molecule has 0 bridgehead atoms. The van der Waals surface area contributed by atoms with Crippen LogP contribution < -0.4 is 5.69 Å². The molecule has 132 valence electrons. The van der Waals surface area contributed by atoms with E-state index in [0.717, 1.165) is 11.3 Å². The van der Waals surface area contributed by atoms with Crippen molar-refractivity contribution in [3.05, 3.63) is 69.8 Å². The number of benzene rings is 1. The smallest absolute Gasteiger partial charge is 0.338 e. The van der Waals surface area contributed by atoms with Crippen molar-refractivity contribution in [2.24, 2.45) is 0 Å². The van der Waals surface area contributed by atoms with E-state index >= 15 is 0 Å². The van der Waals surface area contributed by atoms with Crippen LogP contribution in [0, 0.1) is 0 Å². The molecule has 0 amide bonds. The SMILES string of the molecule is O=c1[nH]nc(SCc2nc(-c3cccs3)no2)n1CCc1ccccc1. The van der Waals surface area contributed by atoms with Gasteiger partial charge < -0.3 is 4.52 Å². The van der Waals surface area contributed by atoms with Crippen LogP contribution in [0.15, 0.2) is 62.3 Å². The van der Waals surface area contributed by atoms with Gasteiger partial charge in [-0.15, -0.1) is 16.4 Å². The number of aromatic amines is 1. The minimum Gasteiger partial charge on any atom is -0.338 e. The highest BCUT2D eigenvalue weighted by Gasteiger charge is 2.13. The number of H-pyrrole nitrogens is 1. The standard InChI is InChI=1S/C17H15N5O2S2/c23-16-19-20-17(22(16)9-8-12-5-2-1-3-6-12)26-11-14-18-15(21-24-14)13-7-4-10-25-13/h1-7,10H,8-9,11H2,(H,19,23). The van der Waals surface area contributed by atoms with E-state index in [0.29, 0.717) is 29.2 Å². The van der Waals surface area contributed by atoms with Gasteiger partial charge in [-0.1, -0.05) is 53.3 Å². The first kappa shape index (κ1) is 16.8. The minimum atomic E-state index is -0.215. The van der Waals surface area contributed by atoms with Crippen LogP contribution in [0.1, 0.15) is 11.5 Å². The maximum atomic E-state index is 12.0. The van der Waals surface area contributed by atoms with Gasteiger partial charge in [-0.3, -0.25) is 4.57 Å². The number of thiophene rings is 1. The Morgan fingerprint density at radius 2 is 2.08 bits per heavy atom. The normalized spacial score (nSPS) is 11.1. The Labute approximate surface area is 157 Å². The molecule has 3 aromatic heterocycles. The molecule has 3 heterocycles. The van der Waals surface area contributed by atoms with Gasteiger partial charge in [-0.05, 0) is 23.4 Å². The fourth-order valence-corrected chi connectivity index (χ4v) is 3.90. The van der Waals surface area contributed by atoms with E-state index in [1.165, 1.54) is 17.3 Å². The monoisotopic (exact) mass is 385 g/mol. The summed E-state index contributed by atoms with van der Waals surface area (Å²) in [7, 11) is 0. The molecule has 9 heteroatoms. The van der Waals surface area contributed by atoms with Gasteiger partial charge in [-0.25, -0.2) is 9.89 Å². The Hall–Kier alpha value is -2.65. The average Bonchev–Trinajstić information content (AvgIpc) is 3.41. The first-order valence-electron chi connectivity index (χ1n) is 7.98. The van der Waals surface area contributed by atoms with E-state index in [9.17, 15) is 4.79 Å². The second-order valence-electron chi connectivity index (χ2n) is 5.48. The zero-order valence-electron chi connectivity index (χ0n) is 13.7. The molecule has 7 nitrogen and oxygen atoms in total. The van der Waals surface area contributed by atoms with Crippen LogP contribution in [0.25, 0.3) is 10.7 Å². The Morgan fingerprint density at radius 3 is 2.88 bits per heavy atom. The zero-order valence-corrected chi connectivity index (χ0v) is 15.3. The number of hydrogen-bond acceptors (Lipinski definition) is 7. The number of aromatic nitrogens is 5. The molecule has 0 unspecified atom stereocenters. The van der Waals surface area contributed by atoms with E-state index in [1.54, 1.807) is 15.9 Å². The summed E-state index contributed by atoms with van der Waals surface area (Å²) in [6.07, 6.45) is 0.761. The van der Waals surface area contributed by atoms with E-state index in [4.69, 9.17) is 4.52 Å². The summed E-state index contributed by atoms with van der Waals surface area (Å²) in [6, 6.07) is 13.9. The van der Waals surface area contributed by atoms with Gasteiger partial charge in [0.15, 0.2) is 5.16 Å². The fraction of sp³-hybridized carbons (Fsp3) is 0.176. The van der Waals surface area contributed by atoms with E-state index < -0.39 is 0 Å². The molecule has 0 saturated heterocycles. The van der Waals surface area contributed by atoms with E-state index in [-0.39, 0.29) is 5.69 Å². The van der Waals surface area contributed by atoms with Crippen LogP contribution in [0.2, 0.25) is 0 Å². The van der Waals surface area contributed by atoms with Crippen molar-refractivity contribution in [1.82, 2.24) is 24.9 Å². The summed E-state index contributed by atoms with van der Waals surface area (Å²) in [4.78, 5) is 17.4. The number of aryl methyl sites for hydroxylation is 1. The van der Waals surface area contributed by atoms with Crippen LogP contribution in [-0.2, 0) is 18.7 Å².